The third-order valence-electron chi connectivity index (χ3n) is 7.06. The fourth-order valence-corrected chi connectivity index (χ4v) is 5.16. The zero-order valence-electron chi connectivity index (χ0n) is 17.8. The molecule has 2 fully saturated rings. The van der Waals surface area contributed by atoms with E-state index in [-0.39, 0.29) is 11.3 Å². The van der Waals surface area contributed by atoms with Crippen LogP contribution in [0.15, 0.2) is 48.4 Å². The van der Waals surface area contributed by atoms with Gasteiger partial charge in [-0.2, -0.15) is 0 Å². The number of aryl methyl sites for hydroxylation is 2. The fourth-order valence-electron chi connectivity index (χ4n) is 5.16. The Kier molecular flexibility index (Phi) is 4.82. The molecule has 1 N–H and O–H groups in total. The molecule has 1 aromatic heterocycles. The number of fused-ring (bicyclic) bond motifs is 1. The van der Waals surface area contributed by atoms with Crippen molar-refractivity contribution in [1.82, 2.24) is 25.1 Å². The Morgan fingerprint density at radius 1 is 1.13 bits per heavy atom. The van der Waals surface area contributed by atoms with Gasteiger partial charge in [-0.15, -0.1) is 0 Å². The van der Waals surface area contributed by atoms with Crippen molar-refractivity contribution in [1.29, 1.82) is 0 Å². The predicted molar refractivity (Wildman–Crippen MR) is 116 cm³/mol. The van der Waals surface area contributed by atoms with Gasteiger partial charge in [0.05, 0.1) is 17.0 Å². The highest BCUT2D eigenvalue weighted by Gasteiger charge is 2.40. The Morgan fingerprint density at radius 3 is 2.50 bits per heavy atom. The molecule has 0 saturated carbocycles. The molecule has 0 bridgehead atoms. The first kappa shape index (κ1) is 19.2. The van der Waals surface area contributed by atoms with Gasteiger partial charge >= 0.3 is 0 Å². The van der Waals surface area contributed by atoms with E-state index in [1.54, 1.807) is 0 Å². The molecular weight excluding hydrogens is 374 g/mol. The first-order chi connectivity index (χ1) is 14.6. The van der Waals surface area contributed by atoms with Gasteiger partial charge in [-0.1, -0.05) is 30.3 Å². The largest absolute Gasteiger partial charge is 0.377 e. The Labute approximate surface area is 178 Å². The molecule has 0 spiro atoms. The predicted octanol–water partition coefficient (Wildman–Crippen LogP) is 2.30. The van der Waals surface area contributed by atoms with E-state index in [2.05, 4.69) is 56.7 Å². The van der Waals surface area contributed by atoms with Crippen LogP contribution < -0.4 is 5.32 Å². The van der Waals surface area contributed by atoms with E-state index in [9.17, 15) is 4.79 Å². The highest BCUT2D eigenvalue weighted by molar-refractivity contribution is 5.96. The van der Waals surface area contributed by atoms with Gasteiger partial charge in [0, 0.05) is 56.8 Å². The lowest BCUT2D eigenvalue weighted by molar-refractivity contribution is 0.0782. The normalized spacial score (nSPS) is 21.9. The molecule has 2 saturated heterocycles. The molecule has 3 aliphatic heterocycles. The third-order valence-corrected chi connectivity index (χ3v) is 7.06. The average Bonchev–Trinajstić information content (AvgIpc) is 3.27. The lowest BCUT2D eigenvalue weighted by Gasteiger charge is -2.44. The second-order valence-electron chi connectivity index (χ2n) is 9.00. The van der Waals surface area contributed by atoms with E-state index in [1.165, 1.54) is 17.5 Å². The first-order valence-corrected chi connectivity index (χ1v) is 10.8. The van der Waals surface area contributed by atoms with Crippen LogP contribution >= 0.6 is 0 Å². The Hall–Kier alpha value is -2.73. The number of nitrogens with one attached hydrogen (secondary N) is 1. The van der Waals surface area contributed by atoms with Crippen LogP contribution in [0.4, 0.5) is 0 Å². The summed E-state index contributed by atoms with van der Waals surface area (Å²) >= 11 is 0. The lowest BCUT2D eigenvalue weighted by Crippen LogP contribution is -2.57. The number of aromatic nitrogens is 2. The lowest BCUT2D eigenvalue weighted by atomic mass is 9.72. The van der Waals surface area contributed by atoms with E-state index in [0.29, 0.717) is 11.5 Å². The minimum atomic E-state index is 0.0658. The number of benzene rings is 1. The molecule has 1 unspecified atom stereocenters. The van der Waals surface area contributed by atoms with Crippen molar-refractivity contribution in [2.24, 2.45) is 5.92 Å². The fraction of sp³-hybridized carbons (Fsp3) is 0.458. The van der Waals surface area contributed by atoms with E-state index in [0.717, 1.165) is 57.1 Å². The van der Waals surface area contributed by atoms with Crippen molar-refractivity contribution < 1.29 is 4.79 Å². The van der Waals surface area contributed by atoms with E-state index < -0.39 is 0 Å². The topological polar surface area (TPSA) is 61.4 Å². The van der Waals surface area contributed by atoms with E-state index in [4.69, 9.17) is 0 Å². The summed E-state index contributed by atoms with van der Waals surface area (Å²) in [4.78, 5) is 25.9. The van der Waals surface area contributed by atoms with Crippen LogP contribution in [-0.4, -0.2) is 64.9 Å². The summed E-state index contributed by atoms with van der Waals surface area (Å²) in [7, 11) is 0. The van der Waals surface area contributed by atoms with Gasteiger partial charge in [0.1, 0.15) is 6.33 Å². The monoisotopic (exact) mass is 403 g/mol. The zero-order chi connectivity index (χ0) is 20.7. The summed E-state index contributed by atoms with van der Waals surface area (Å²) in [5, 5.41) is 3.47. The molecule has 1 atom stereocenters. The maximum Gasteiger partial charge on any atom is 0.257 e. The molecule has 6 nitrogen and oxygen atoms in total. The Morgan fingerprint density at radius 2 is 1.87 bits per heavy atom. The molecule has 0 radical (unpaired) electrons. The molecule has 0 aliphatic carbocycles. The van der Waals surface area contributed by atoms with Crippen LogP contribution in [0.2, 0.25) is 0 Å². The highest BCUT2D eigenvalue weighted by atomic mass is 16.2. The Balaban J connectivity index is 1.23. The average molecular weight is 404 g/mol. The number of hydrogen-bond acceptors (Lipinski definition) is 5. The van der Waals surface area contributed by atoms with Crippen molar-refractivity contribution >= 4 is 5.91 Å². The second kappa shape index (κ2) is 7.51. The van der Waals surface area contributed by atoms with Gasteiger partial charge < -0.3 is 15.1 Å². The van der Waals surface area contributed by atoms with Crippen LogP contribution in [-0.2, 0) is 5.41 Å². The quantitative estimate of drug-likeness (QED) is 0.830. The molecule has 5 rings (SSSR count). The van der Waals surface area contributed by atoms with Crippen LogP contribution in [0.25, 0.3) is 0 Å². The van der Waals surface area contributed by atoms with Crippen molar-refractivity contribution in [3.8, 4) is 0 Å². The molecular formula is C24H29N5O. The Bertz CT molecular complexity index is 962. The number of rotatable bonds is 5. The smallest absolute Gasteiger partial charge is 0.257 e. The molecule has 30 heavy (non-hydrogen) atoms. The highest BCUT2D eigenvalue weighted by Crippen LogP contribution is 2.35. The van der Waals surface area contributed by atoms with Crippen LogP contribution in [0.3, 0.4) is 0 Å². The van der Waals surface area contributed by atoms with Crippen LogP contribution in [0, 0.1) is 19.8 Å². The van der Waals surface area contributed by atoms with Gasteiger partial charge in [0.15, 0.2) is 0 Å². The summed E-state index contributed by atoms with van der Waals surface area (Å²) in [6.45, 7) is 9.49. The number of hydrogen-bond donors (Lipinski definition) is 1. The molecule has 2 aromatic rings. The number of carbonyl (C=O) groups excluding carboxylic acids is 1. The maximum absolute atomic E-state index is 13.1. The van der Waals surface area contributed by atoms with Crippen molar-refractivity contribution in [2.45, 2.75) is 25.7 Å². The van der Waals surface area contributed by atoms with Crippen LogP contribution in [0.5, 0.6) is 0 Å². The number of nitrogens with zero attached hydrogens (tertiary/aromatic N) is 4. The molecule has 3 aliphatic rings. The first-order valence-electron chi connectivity index (χ1n) is 10.8. The van der Waals surface area contributed by atoms with Gasteiger partial charge in [0.2, 0.25) is 0 Å². The third kappa shape index (κ3) is 3.29. The SMILES string of the molecule is Cc1ncnc(C)c1C(=O)N1CC2=CN(CCC3(c4ccccc4)CNC3)CC2C1. The summed E-state index contributed by atoms with van der Waals surface area (Å²) in [6.07, 6.45) is 4.99. The summed E-state index contributed by atoms with van der Waals surface area (Å²) in [5.74, 6) is 0.516. The van der Waals surface area contributed by atoms with Gasteiger partial charge in [-0.3, -0.25) is 4.79 Å². The van der Waals surface area contributed by atoms with E-state index >= 15 is 0 Å². The van der Waals surface area contributed by atoms with Gasteiger partial charge in [0.25, 0.3) is 5.91 Å². The molecule has 6 heteroatoms. The van der Waals surface area contributed by atoms with Crippen molar-refractivity contribution in [2.75, 3.05) is 39.3 Å². The summed E-state index contributed by atoms with van der Waals surface area (Å²) < 4.78 is 0. The molecule has 4 heterocycles. The second-order valence-corrected chi connectivity index (χ2v) is 9.00. The number of likely N-dealkylation sites (tertiary alicyclic amines) is 1. The van der Waals surface area contributed by atoms with E-state index in [1.807, 2.05) is 18.7 Å². The molecule has 1 aromatic carbocycles. The number of carbonyl (C=O) groups is 1. The maximum atomic E-state index is 13.1. The summed E-state index contributed by atoms with van der Waals surface area (Å²) in [6, 6.07) is 10.9. The minimum Gasteiger partial charge on any atom is -0.377 e. The van der Waals surface area contributed by atoms with Crippen molar-refractivity contribution in [3.63, 3.8) is 0 Å². The van der Waals surface area contributed by atoms with Crippen LogP contribution in [0.1, 0.15) is 33.7 Å². The minimum absolute atomic E-state index is 0.0658. The van der Waals surface area contributed by atoms with Gasteiger partial charge in [-0.05, 0) is 31.4 Å². The molecule has 156 valence electrons. The number of amides is 1. The standard InChI is InChI=1S/C24H29N5O/c1-17-22(18(2)27-16-26-17)23(30)29-12-19-10-28(11-20(19)13-29)9-8-24(14-25-15-24)21-6-4-3-5-7-21/h3-7,10,16,20,25H,8-9,11-15H2,1-2H3. The zero-order valence-corrected chi connectivity index (χ0v) is 17.8. The molecule has 1 amide bonds. The van der Waals surface area contributed by atoms with Gasteiger partial charge in [-0.25, -0.2) is 9.97 Å². The summed E-state index contributed by atoms with van der Waals surface area (Å²) in [5.41, 5.74) is 5.29. The van der Waals surface area contributed by atoms with Crippen molar-refractivity contribution in [3.05, 3.63) is 70.9 Å².